The third kappa shape index (κ3) is 5.37. The number of carboxylic acid groups (broad SMARTS) is 1. The first-order chi connectivity index (χ1) is 17.1. The lowest BCUT2D eigenvalue weighted by atomic mass is 9.89. The van der Waals surface area contributed by atoms with Crippen molar-refractivity contribution in [3.8, 4) is 5.75 Å². The molecule has 2 saturated heterocycles. The Kier molecular flexibility index (Phi) is 7.37. The third-order valence-electron chi connectivity index (χ3n) is 7.28. The van der Waals surface area contributed by atoms with Crippen molar-refractivity contribution in [1.82, 2.24) is 9.47 Å². The Balaban J connectivity index is 1.23. The number of carboxylic acids is 1. The van der Waals surface area contributed by atoms with Crippen LogP contribution in [0.1, 0.15) is 53.1 Å². The third-order valence-corrected chi connectivity index (χ3v) is 7.28. The number of aromatic carboxylic acids is 1. The molecule has 0 saturated carbocycles. The maximum absolute atomic E-state index is 11.6. The van der Waals surface area contributed by atoms with Gasteiger partial charge in [0.1, 0.15) is 11.3 Å². The average Bonchev–Trinajstić information content (AvgIpc) is 3.53. The summed E-state index contributed by atoms with van der Waals surface area (Å²) in [7, 11) is 1.50. The van der Waals surface area contributed by atoms with Gasteiger partial charge in [0.25, 0.3) is 0 Å². The van der Waals surface area contributed by atoms with Gasteiger partial charge in [-0.15, -0.1) is 0 Å². The Hall–Kier alpha value is -2.87. The molecule has 1 N–H and O–H groups in total. The number of rotatable bonds is 9. The second-order valence-corrected chi connectivity index (χ2v) is 9.50. The number of aromatic nitrogens is 1. The molecule has 0 spiro atoms. The van der Waals surface area contributed by atoms with Crippen LogP contribution < -0.4 is 4.74 Å². The molecule has 0 bridgehead atoms. The number of ether oxygens (including phenoxy) is 3. The summed E-state index contributed by atoms with van der Waals surface area (Å²) in [5.41, 5.74) is 3.98. The maximum Gasteiger partial charge on any atom is 0.339 e. The van der Waals surface area contributed by atoms with Crippen molar-refractivity contribution < 1.29 is 24.1 Å². The monoisotopic (exact) mass is 478 g/mol. The number of benzene rings is 2. The first kappa shape index (κ1) is 23.9. The van der Waals surface area contributed by atoms with Crippen LogP contribution in [-0.2, 0) is 22.6 Å². The summed E-state index contributed by atoms with van der Waals surface area (Å²) in [5, 5.41) is 10.8. The van der Waals surface area contributed by atoms with Gasteiger partial charge in [-0.05, 0) is 67.6 Å². The van der Waals surface area contributed by atoms with Crippen LogP contribution in [0.2, 0.25) is 0 Å². The van der Waals surface area contributed by atoms with Crippen molar-refractivity contribution in [2.45, 2.75) is 51.0 Å². The highest BCUT2D eigenvalue weighted by Crippen LogP contribution is 2.35. The van der Waals surface area contributed by atoms with Gasteiger partial charge in [0.15, 0.2) is 6.29 Å². The van der Waals surface area contributed by atoms with E-state index in [1.165, 1.54) is 23.6 Å². The summed E-state index contributed by atoms with van der Waals surface area (Å²) in [4.78, 5) is 14.0. The van der Waals surface area contributed by atoms with Crippen molar-refractivity contribution in [3.63, 3.8) is 0 Å². The van der Waals surface area contributed by atoms with Gasteiger partial charge in [-0.2, -0.15) is 0 Å². The first-order valence-electron chi connectivity index (χ1n) is 12.6. The smallest absolute Gasteiger partial charge is 0.339 e. The van der Waals surface area contributed by atoms with Crippen LogP contribution >= 0.6 is 0 Å². The van der Waals surface area contributed by atoms with Crippen molar-refractivity contribution in [1.29, 1.82) is 0 Å². The highest BCUT2D eigenvalue weighted by molar-refractivity contribution is 5.91. The van der Waals surface area contributed by atoms with E-state index in [-0.39, 0.29) is 11.9 Å². The Morgan fingerprint density at radius 1 is 1.11 bits per heavy atom. The largest absolute Gasteiger partial charge is 0.496 e. The van der Waals surface area contributed by atoms with Gasteiger partial charge < -0.3 is 23.9 Å². The number of nitrogens with zero attached hydrogens (tertiary/aromatic N) is 2. The lowest BCUT2D eigenvalue weighted by molar-refractivity contribution is -0.0482. The molecule has 0 radical (unpaired) electrons. The molecule has 2 aromatic carbocycles. The zero-order valence-corrected chi connectivity index (χ0v) is 20.3. The second-order valence-electron chi connectivity index (χ2n) is 9.50. The van der Waals surface area contributed by atoms with E-state index in [9.17, 15) is 9.90 Å². The van der Waals surface area contributed by atoms with Gasteiger partial charge in [0, 0.05) is 36.6 Å². The van der Waals surface area contributed by atoms with Crippen molar-refractivity contribution in [2.75, 3.05) is 33.4 Å². The van der Waals surface area contributed by atoms with Crippen LogP contribution in [0.5, 0.6) is 5.75 Å². The number of fused-ring (bicyclic) bond motifs is 1. The van der Waals surface area contributed by atoms with Crippen LogP contribution in [-0.4, -0.2) is 60.2 Å². The van der Waals surface area contributed by atoms with Crippen LogP contribution in [0.25, 0.3) is 10.9 Å². The van der Waals surface area contributed by atoms with Crippen LogP contribution in [0, 0.1) is 0 Å². The number of likely N-dealkylation sites (tertiary alicyclic amines) is 1. The Bertz CT molecular complexity index is 1160. The van der Waals surface area contributed by atoms with Crippen LogP contribution in [0.3, 0.4) is 0 Å². The summed E-state index contributed by atoms with van der Waals surface area (Å²) < 4.78 is 18.8. The quantitative estimate of drug-likeness (QED) is 0.473. The number of aryl methyl sites for hydroxylation is 1. The standard InChI is InChI=1S/C28H34N2O5/c1-33-26-9-8-20(17-23(26)28(31)32)18-29-13-10-21(11-14-29)24-19-30(25-6-3-2-5-22(24)25)12-4-7-27-34-15-16-35-27/h2-3,5-6,8-9,17,19,21,27H,4,7,10-16,18H2,1H3,(H,31,32). The molecule has 3 aromatic rings. The molecule has 2 aliphatic rings. The van der Waals surface area contributed by atoms with E-state index in [2.05, 4.69) is 39.9 Å². The number of piperidine rings is 1. The molecule has 186 valence electrons. The first-order valence-corrected chi connectivity index (χ1v) is 12.6. The summed E-state index contributed by atoms with van der Waals surface area (Å²) >= 11 is 0. The predicted octanol–water partition coefficient (Wildman–Crippen LogP) is 4.88. The molecule has 0 atom stereocenters. The average molecular weight is 479 g/mol. The summed E-state index contributed by atoms with van der Waals surface area (Å²) in [5.74, 6) is -0.0221. The minimum Gasteiger partial charge on any atom is -0.496 e. The van der Waals surface area contributed by atoms with E-state index >= 15 is 0 Å². The molecule has 0 aliphatic carbocycles. The fourth-order valence-electron chi connectivity index (χ4n) is 5.47. The summed E-state index contributed by atoms with van der Waals surface area (Å²) in [6.07, 6.45) is 6.47. The van der Waals surface area contributed by atoms with Crippen LogP contribution in [0.15, 0.2) is 48.7 Å². The van der Waals surface area contributed by atoms with Gasteiger partial charge >= 0.3 is 5.97 Å². The van der Waals surface area contributed by atoms with Gasteiger partial charge in [-0.3, -0.25) is 4.90 Å². The van der Waals surface area contributed by atoms with Crippen LogP contribution in [0.4, 0.5) is 0 Å². The summed E-state index contributed by atoms with van der Waals surface area (Å²) in [6, 6.07) is 14.2. The fourth-order valence-corrected chi connectivity index (χ4v) is 5.47. The molecule has 2 fully saturated rings. The van der Waals surface area contributed by atoms with E-state index in [0.29, 0.717) is 24.9 Å². The predicted molar refractivity (Wildman–Crippen MR) is 134 cm³/mol. The molecule has 0 unspecified atom stereocenters. The number of para-hydroxylation sites is 1. The molecule has 3 heterocycles. The zero-order valence-electron chi connectivity index (χ0n) is 20.3. The van der Waals surface area contributed by atoms with Gasteiger partial charge in [-0.25, -0.2) is 4.79 Å². The molecular formula is C28H34N2O5. The van der Waals surface area contributed by atoms with E-state index in [0.717, 1.165) is 57.4 Å². The van der Waals surface area contributed by atoms with Crippen molar-refractivity contribution >= 4 is 16.9 Å². The molecule has 5 rings (SSSR count). The van der Waals surface area contributed by atoms with E-state index in [1.807, 2.05) is 6.07 Å². The fraction of sp³-hybridized carbons (Fsp3) is 0.464. The van der Waals surface area contributed by atoms with Gasteiger partial charge in [0.2, 0.25) is 0 Å². The maximum atomic E-state index is 11.6. The molecule has 7 heteroatoms. The molecule has 35 heavy (non-hydrogen) atoms. The second kappa shape index (κ2) is 10.8. The number of hydrogen-bond acceptors (Lipinski definition) is 5. The van der Waals surface area contributed by atoms with Gasteiger partial charge in [0.05, 0.1) is 20.3 Å². The van der Waals surface area contributed by atoms with Crippen molar-refractivity contribution in [2.24, 2.45) is 0 Å². The Morgan fingerprint density at radius 3 is 2.63 bits per heavy atom. The summed E-state index contributed by atoms with van der Waals surface area (Å²) in [6.45, 7) is 5.12. The minimum absolute atomic E-state index is 0.0436. The number of carbonyl (C=O) groups is 1. The highest BCUT2D eigenvalue weighted by Gasteiger charge is 2.24. The Morgan fingerprint density at radius 2 is 1.89 bits per heavy atom. The highest BCUT2D eigenvalue weighted by atomic mass is 16.7. The molecule has 0 amide bonds. The number of methoxy groups -OCH3 is 1. The lowest BCUT2D eigenvalue weighted by Crippen LogP contribution is -2.32. The Labute approximate surface area is 206 Å². The molecule has 7 nitrogen and oxygen atoms in total. The van der Waals surface area contributed by atoms with E-state index in [1.54, 1.807) is 12.1 Å². The minimum atomic E-state index is -0.956. The lowest BCUT2D eigenvalue weighted by Gasteiger charge is -2.32. The van der Waals surface area contributed by atoms with Crippen molar-refractivity contribution in [3.05, 3.63) is 65.4 Å². The normalized spacial score (nSPS) is 17.9. The van der Waals surface area contributed by atoms with Gasteiger partial charge in [-0.1, -0.05) is 24.3 Å². The number of hydrogen-bond donors (Lipinski definition) is 1. The molecule has 2 aliphatic heterocycles. The zero-order chi connectivity index (χ0) is 24.2. The molecule has 1 aromatic heterocycles. The molecular weight excluding hydrogens is 444 g/mol. The van der Waals surface area contributed by atoms with E-state index < -0.39 is 5.97 Å². The van der Waals surface area contributed by atoms with E-state index in [4.69, 9.17) is 14.2 Å². The SMILES string of the molecule is COc1ccc(CN2CCC(c3cn(CCCC4OCCO4)c4ccccc34)CC2)cc1C(=O)O. The topological polar surface area (TPSA) is 73.2 Å².